The normalized spacial score (nSPS) is 14.4. The smallest absolute Gasteiger partial charge is 0.195 e. The minimum Gasteiger partial charge on any atom is -0.457 e. The van der Waals surface area contributed by atoms with E-state index in [9.17, 15) is 9.59 Å². The average Bonchev–Trinajstić information content (AvgIpc) is 2.96. The van der Waals surface area contributed by atoms with E-state index >= 15 is 0 Å². The molecule has 0 bridgehead atoms. The van der Waals surface area contributed by atoms with Crippen LogP contribution in [0.5, 0.6) is 5.75 Å². The van der Waals surface area contributed by atoms with Gasteiger partial charge in [-0.05, 0) is 63.6 Å². The van der Waals surface area contributed by atoms with E-state index < -0.39 is 0 Å². The number of carbonyl (C=O) groups excluding carboxylic acids is 1. The van der Waals surface area contributed by atoms with Crippen LogP contribution in [0.3, 0.4) is 0 Å². The van der Waals surface area contributed by atoms with Crippen molar-refractivity contribution in [1.82, 2.24) is 0 Å². The number of hydrogen-bond acceptors (Lipinski definition) is 4. The van der Waals surface area contributed by atoms with Crippen molar-refractivity contribution in [2.75, 3.05) is 0 Å². The second-order valence-electron chi connectivity index (χ2n) is 11.2. The molecule has 5 aromatic rings. The lowest BCUT2D eigenvalue weighted by Gasteiger charge is -2.25. The molecule has 1 aromatic heterocycles. The Kier molecular flexibility index (Phi) is 6.89. The van der Waals surface area contributed by atoms with Crippen molar-refractivity contribution in [3.05, 3.63) is 123 Å². The minimum atomic E-state index is 0.114. The van der Waals surface area contributed by atoms with E-state index in [0.29, 0.717) is 18.3 Å². The van der Waals surface area contributed by atoms with Gasteiger partial charge in [-0.15, -0.1) is 11.3 Å². The molecule has 2 aliphatic rings. The highest BCUT2D eigenvalue weighted by molar-refractivity contribution is 7.24. The summed E-state index contributed by atoms with van der Waals surface area (Å²) in [6.45, 7) is 8.76. The molecular weight excluding hydrogens is 512 g/mol. The largest absolute Gasteiger partial charge is 0.457 e. The van der Waals surface area contributed by atoms with Crippen LogP contribution in [0.15, 0.2) is 101 Å². The maximum absolute atomic E-state index is 12.8. The average molecular weight is 545 g/mol. The number of carbonyl (C=O) groups is 1. The number of rotatable bonds is 2. The Labute approximate surface area is 238 Å². The van der Waals surface area contributed by atoms with Crippen LogP contribution in [-0.2, 0) is 11.2 Å². The fourth-order valence-electron chi connectivity index (χ4n) is 5.50. The van der Waals surface area contributed by atoms with Gasteiger partial charge in [0.1, 0.15) is 11.5 Å². The number of allylic oxidation sites excluding steroid dienone is 3. The third-order valence-corrected chi connectivity index (χ3v) is 9.00. The van der Waals surface area contributed by atoms with Gasteiger partial charge in [0.25, 0.3) is 0 Å². The molecule has 1 aliphatic carbocycles. The predicted molar refractivity (Wildman–Crippen MR) is 168 cm³/mol. The predicted octanol–water partition coefficient (Wildman–Crippen LogP) is 9.22. The molecule has 0 N–H and O–H groups in total. The number of benzene rings is 4. The molecule has 0 saturated heterocycles. The lowest BCUT2D eigenvalue weighted by Crippen LogP contribution is -2.15. The maximum atomic E-state index is 12.8. The van der Waals surface area contributed by atoms with E-state index in [0.717, 1.165) is 43.7 Å². The Morgan fingerprint density at radius 1 is 0.800 bits per heavy atom. The van der Waals surface area contributed by atoms with Crippen LogP contribution in [0.1, 0.15) is 62.6 Å². The highest BCUT2D eigenvalue weighted by Gasteiger charge is 2.24. The number of hydrogen-bond donors (Lipinski definition) is 0. The maximum Gasteiger partial charge on any atom is 0.195 e. The molecule has 2 heterocycles. The fourth-order valence-corrected chi connectivity index (χ4v) is 6.81. The third kappa shape index (κ3) is 4.77. The molecule has 0 saturated carbocycles. The van der Waals surface area contributed by atoms with Crippen molar-refractivity contribution < 1.29 is 9.53 Å². The fraction of sp³-hybridized carbons (Fsp3) is 0.222. The first-order valence-corrected chi connectivity index (χ1v) is 14.7. The Balaban J connectivity index is 0.000000145. The summed E-state index contributed by atoms with van der Waals surface area (Å²) in [7, 11) is 0. The monoisotopic (exact) mass is 544 g/mol. The molecule has 0 atom stereocenters. The van der Waals surface area contributed by atoms with E-state index in [4.69, 9.17) is 4.74 Å². The van der Waals surface area contributed by atoms with Crippen LogP contribution in [-0.4, -0.2) is 5.78 Å². The molecular formula is C36H32O3S. The van der Waals surface area contributed by atoms with Crippen LogP contribution >= 0.6 is 11.3 Å². The number of ketones is 1. The molecule has 1 aliphatic heterocycles. The van der Waals surface area contributed by atoms with E-state index in [-0.39, 0.29) is 11.2 Å². The molecule has 0 fully saturated rings. The lowest BCUT2D eigenvalue weighted by molar-refractivity contribution is -0.114. The zero-order chi connectivity index (χ0) is 28.0. The molecule has 0 radical (unpaired) electrons. The van der Waals surface area contributed by atoms with Gasteiger partial charge in [-0.3, -0.25) is 9.59 Å². The molecule has 3 nitrogen and oxygen atoms in total. The Morgan fingerprint density at radius 2 is 1.55 bits per heavy atom. The molecule has 200 valence electrons. The summed E-state index contributed by atoms with van der Waals surface area (Å²) >= 11 is 1.74. The highest BCUT2D eigenvalue weighted by Crippen LogP contribution is 2.38. The van der Waals surface area contributed by atoms with Gasteiger partial charge in [-0.25, -0.2) is 0 Å². The van der Waals surface area contributed by atoms with Crippen LogP contribution in [0.4, 0.5) is 0 Å². The van der Waals surface area contributed by atoms with Gasteiger partial charge in [0.05, 0.1) is 0 Å². The summed E-state index contributed by atoms with van der Waals surface area (Å²) in [5.74, 6) is 2.56. The lowest BCUT2D eigenvalue weighted by atomic mass is 9.91. The zero-order valence-corrected chi connectivity index (χ0v) is 24.1. The molecule has 4 aromatic carbocycles. The summed E-state index contributed by atoms with van der Waals surface area (Å²) in [5.41, 5.74) is 5.07. The summed E-state index contributed by atoms with van der Waals surface area (Å²) in [4.78, 5) is 24.3. The molecule has 7 rings (SSSR count). The van der Waals surface area contributed by atoms with Crippen molar-refractivity contribution >= 4 is 48.1 Å². The van der Waals surface area contributed by atoms with Crippen LogP contribution in [0.25, 0.3) is 30.9 Å². The minimum absolute atomic E-state index is 0.114. The second-order valence-corrected chi connectivity index (χ2v) is 12.2. The molecule has 0 unspecified atom stereocenters. The van der Waals surface area contributed by atoms with Gasteiger partial charge in [0.2, 0.25) is 0 Å². The quantitative estimate of drug-likeness (QED) is 0.208. The van der Waals surface area contributed by atoms with E-state index in [1.165, 1.54) is 27.5 Å². The number of ether oxygens (including phenoxy) is 1. The first kappa shape index (κ1) is 26.2. The molecule has 0 amide bonds. The first-order chi connectivity index (χ1) is 19.3. The van der Waals surface area contributed by atoms with E-state index in [1.54, 1.807) is 17.4 Å². The van der Waals surface area contributed by atoms with Gasteiger partial charge >= 0.3 is 0 Å². The van der Waals surface area contributed by atoms with Gasteiger partial charge in [-0.1, -0.05) is 82.3 Å². The summed E-state index contributed by atoms with van der Waals surface area (Å²) in [6.07, 6.45) is 4.94. The van der Waals surface area contributed by atoms with Crippen LogP contribution in [0.2, 0.25) is 0 Å². The van der Waals surface area contributed by atoms with Crippen molar-refractivity contribution in [2.45, 2.75) is 52.4 Å². The van der Waals surface area contributed by atoms with Crippen molar-refractivity contribution in [3.63, 3.8) is 0 Å². The Hall–Kier alpha value is -4.02. The Bertz CT molecular complexity index is 1920. The zero-order valence-electron chi connectivity index (χ0n) is 23.3. The highest BCUT2D eigenvalue weighted by atomic mass is 32.1. The second kappa shape index (κ2) is 10.5. The Morgan fingerprint density at radius 3 is 2.33 bits per heavy atom. The van der Waals surface area contributed by atoms with Gasteiger partial charge in [0.15, 0.2) is 11.2 Å². The topological polar surface area (TPSA) is 43.4 Å². The standard InChI is InChI=1S/C19H20OS.C17H12O2/c1-11(2)13-9-15(12(3)4)19-16(10-13)18(20)14-7-5-6-8-17(14)21-19;18-13-7-5-12-9-15-14-4-2-1-3-11(14)6-8-16(15)19-17(12)10-13/h5-12H,1-4H3;1-6,8,10H,7,9H2. The van der Waals surface area contributed by atoms with E-state index in [2.05, 4.69) is 58.0 Å². The summed E-state index contributed by atoms with van der Waals surface area (Å²) in [5, 5.41) is 4.18. The SMILES string of the molecule is CC(C)c1cc(C(C)C)c2sc3ccccc3c(=O)c2c1.O=C1C=C2Oc3ccc4ccccc4c3CC2=CC1. The third-order valence-electron chi connectivity index (χ3n) is 7.76. The van der Waals surface area contributed by atoms with Crippen molar-refractivity contribution in [3.8, 4) is 5.75 Å². The van der Waals surface area contributed by atoms with Crippen LogP contribution in [0, 0.1) is 0 Å². The molecule has 0 spiro atoms. The number of fused-ring (bicyclic) bond motifs is 6. The van der Waals surface area contributed by atoms with Gasteiger partial charge in [-0.2, -0.15) is 0 Å². The van der Waals surface area contributed by atoms with Crippen molar-refractivity contribution in [1.29, 1.82) is 0 Å². The van der Waals surface area contributed by atoms with Crippen LogP contribution < -0.4 is 10.2 Å². The van der Waals surface area contributed by atoms with Gasteiger partial charge in [0, 0.05) is 44.7 Å². The van der Waals surface area contributed by atoms with Gasteiger partial charge < -0.3 is 4.74 Å². The van der Waals surface area contributed by atoms with Crippen molar-refractivity contribution in [2.24, 2.45) is 0 Å². The molecule has 40 heavy (non-hydrogen) atoms. The summed E-state index contributed by atoms with van der Waals surface area (Å²) in [6, 6.07) is 24.7. The van der Waals surface area contributed by atoms with E-state index in [1.807, 2.05) is 48.5 Å². The first-order valence-electron chi connectivity index (χ1n) is 13.9. The molecule has 4 heteroatoms. The summed E-state index contributed by atoms with van der Waals surface area (Å²) < 4.78 is 8.12.